The van der Waals surface area contributed by atoms with Gasteiger partial charge in [0.1, 0.15) is 17.9 Å². The minimum atomic E-state index is -4.27. The third-order valence-corrected chi connectivity index (χ3v) is 2.25. The molecule has 96 valence electrons. The van der Waals surface area contributed by atoms with E-state index in [4.69, 9.17) is 11.1 Å². The molecule has 3 N–H and O–H groups in total. The molecule has 2 aromatic rings. The van der Waals surface area contributed by atoms with E-state index in [2.05, 4.69) is 15.1 Å². The topological polar surface area (TPSA) is 93.0 Å². The van der Waals surface area contributed by atoms with Crippen molar-refractivity contribution in [2.75, 3.05) is 0 Å². The quantitative estimate of drug-likeness (QED) is 0.632. The summed E-state index contributed by atoms with van der Waals surface area (Å²) < 4.78 is 37.8. The summed E-state index contributed by atoms with van der Waals surface area (Å²) in [5, 5.41) is 11.0. The number of nitrogens with zero attached hydrogens (tertiary/aromatic N) is 4. The Morgan fingerprint density at radius 2 is 2.17 bits per heavy atom. The second-order valence-corrected chi connectivity index (χ2v) is 3.63. The van der Waals surface area contributed by atoms with E-state index in [1.165, 1.54) is 17.0 Å². The highest BCUT2D eigenvalue weighted by atomic mass is 19.4. The Bertz CT molecular complexity index is 587. The van der Waals surface area contributed by atoms with Gasteiger partial charge in [-0.2, -0.15) is 18.3 Å². The maximum Gasteiger partial charge on any atom is 0.389 e. The maximum absolute atomic E-state index is 12.2. The number of halogens is 3. The Morgan fingerprint density at radius 1 is 1.44 bits per heavy atom. The largest absolute Gasteiger partial charge is 0.389 e. The fourth-order valence-corrected chi connectivity index (χ4v) is 1.45. The molecule has 0 saturated heterocycles. The molecule has 0 amide bonds. The Balaban J connectivity index is 2.41. The van der Waals surface area contributed by atoms with Crippen molar-refractivity contribution in [1.82, 2.24) is 19.6 Å². The van der Waals surface area contributed by atoms with Crippen LogP contribution in [-0.4, -0.2) is 31.6 Å². The number of fused-ring (bicyclic) bond motifs is 1. The van der Waals surface area contributed by atoms with Gasteiger partial charge in [-0.3, -0.25) is 5.41 Å². The molecule has 0 bridgehead atoms. The Labute approximate surface area is 99.2 Å². The molecular weight excluding hydrogens is 249 g/mol. The molecule has 0 aliphatic heterocycles. The maximum atomic E-state index is 12.2. The van der Waals surface area contributed by atoms with Gasteiger partial charge in [-0.25, -0.2) is 14.5 Å². The molecule has 0 spiro atoms. The lowest BCUT2D eigenvalue weighted by Crippen LogP contribution is -2.17. The van der Waals surface area contributed by atoms with Gasteiger partial charge in [0.05, 0.1) is 11.9 Å². The summed E-state index contributed by atoms with van der Waals surface area (Å²) in [6, 6.07) is 0. The van der Waals surface area contributed by atoms with E-state index in [-0.39, 0.29) is 29.3 Å². The number of alkyl halides is 3. The molecule has 0 fully saturated rings. The van der Waals surface area contributed by atoms with Crippen LogP contribution in [0.5, 0.6) is 0 Å². The summed E-state index contributed by atoms with van der Waals surface area (Å²) >= 11 is 0. The van der Waals surface area contributed by atoms with Crippen LogP contribution in [0.15, 0.2) is 12.5 Å². The number of nitrogens with one attached hydrogen (secondary N) is 1. The SMILES string of the molecule is N=C(N)c1cn2ncnc2c(CCC(F)(F)F)n1. The summed E-state index contributed by atoms with van der Waals surface area (Å²) in [6.07, 6.45) is -3.05. The van der Waals surface area contributed by atoms with E-state index in [0.29, 0.717) is 0 Å². The number of nitrogens with two attached hydrogens (primary N) is 1. The Hall–Kier alpha value is -2.19. The summed E-state index contributed by atoms with van der Waals surface area (Å²) in [5.74, 6) is -0.333. The summed E-state index contributed by atoms with van der Waals surface area (Å²) in [6.45, 7) is 0. The van der Waals surface area contributed by atoms with Gasteiger partial charge in [0.15, 0.2) is 5.65 Å². The molecular formula is C9H9F3N6. The Morgan fingerprint density at radius 3 is 2.78 bits per heavy atom. The number of nitrogen functional groups attached to an aromatic ring is 1. The lowest BCUT2D eigenvalue weighted by molar-refractivity contribution is -0.134. The van der Waals surface area contributed by atoms with Gasteiger partial charge in [-0.1, -0.05) is 0 Å². The molecule has 0 aliphatic carbocycles. The second kappa shape index (κ2) is 4.24. The van der Waals surface area contributed by atoms with Gasteiger partial charge < -0.3 is 5.73 Å². The molecule has 2 rings (SSSR count). The predicted octanol–water partition coefficient (Wildman–Crippen LogP) is 0.903. The van der Waals surface area contributed by atoms with Crippen LogP contribution in [0.1, 0.15) is 17.8 Å². The van der Waals surface area contributed by atoms with Crippen molar-refractivity contribution in [3.63, 3.8) is 0 Å². The van der Waals surface area contributed by atoms with Crippen molar-refractivity contribution in [2.24, 2.45) is 5.73 Å². The van der Waals surface area contributed by atoms with E-state index in [0.717, 1.165) is 0 Å². The number of hydrogen-bond donors (Lipinski definition) is 2. The fourth-order valence-electron chi connectivity index (χ4n) is 1.45. The minimum Gasteiger partial charge on any atom is -0.382 e. The molecule has 0 radical (unpaired) electrons. The average molecular weight is 258 g/mol. The summed E-state index contributed by atoms with van der Waals surface area (Å²) in [4.78, 5) is 7.73. The van der Waals surface area contributed by atoms with Crippen molar-refractivity contribution in [3.05, 3.63) is 23.9 Å². The smallest absolute Gasteiger partial charge is 0.382 e. The van der Waals surface area contributed by atoms with E-state index in [1.807, 2.05) is 0 Å². The van der Waals surface area contributed by atoms with Gasteiger partial charge in [-0.05, 0) is 0 Å². The van der Waals surface area contributed by atoms with Gasteiger partial charge in [-0.15, -0.1) is 0 Å². The van der Waals surface area contributed by atoms with Crippen LogP contribution in [0.4, 0.5) is 13.2 Å². The molecule has 18 heavy (non-hydrogen) atoms. The first kappa shape index (κ1) is 12.3. The van der Waals surface area contributed by atoms with Gasteiger partial charge >= 0.3 is 6.18 Å². The monoisotopic (exact) mass is 258 g/mol. The van der Waals surface area contributed by atoms with Gasteiger partial charge in [0, 0.05) is 12.8 Å². The zero-order valence-electron chi connectivity index (χ0n) is 9.07. The summed E-state index contributed by atoms with van der Waals surface area (Å²) in [5.41, 5.74) is 5.70. The van der Waals surface area contributed by atoms with E-state index >= 15 is 0 Å². The molecule has 6 nitrogen and oxygen atoms in total. The third kappa shape index (κ3) is 2.55. The normalized spacial score (nSPS) is 11.9. The lowest BCUT2D eigenvalue weighted by Gasteiger charge is -2.07. The number of aromatic nitrogens is 4. The standard InChI is InChI=1S/C9H9F3N6/c10-9(11,12)2-1-5-8-15-4-16-18(8)3-6(17-5)7(13)14/h3-4H,1-2H2,(H3,13,14). The number of hydrogen-bond acceptors (Lipinski definition) is 4. The molecule has 2 aromatic heterocycles. The highest BCUT2D eigenvalue weighted by molar-refractivity contribution is 5.92. The first-order valence-corrected chi connectivity index (χ1v) is 4.97. The molecule has 0 atom stereocenters. The first-order valence-electron chi connectivity index (χ1n) is 4.97. The third-order valence-electron chi connectivity index (χ3n) is 2.25. The molecule has 2 heterocycles. The summed E-state index contributed by atoms with van der Waals surface area (Å²) in [7, 11) is 0. The zero-order chi connectivity index (χ0) is 13.3. The highest BCUT2D eigenvalue weighted by Crippen LogP contribution is 2.22. The van der Waals surface area contributed by atoms with E-state index in [1.54, 1.807) is 0 Å². The highest BCUT2D eigenvalue weighted by Gasteiger charge is 2.27. The molecule has 9 heteroatoms. The van der Waals surface area contributed by atoms with Crippen molar-refractivity contribution >= 4 is 11.5 Å². The number of aryl methyl sites for hydroxylation is 1. The minimum absolute atomic E-state index is 0.0742. The molecule has 0 unspecified atom stereocenters. The lowest BCUT2D eigenvalue weighted by atomic mass is 10.2. The molecule has 0 saturated carbocycles. The van der Waals surface area contributed by atoms with Gasteiger partial charge in [0.2, 0.25) is 0 Å². The second-order valence-electron chi connectivity index (χ2n) is 3.63. The van der Waals surface area contributed by atoms with Crippen LogP contribution < -0.4 is 5.73 Å². The van der Waals surface area contributed by atoms with Crippen molar-refractivity contribution in [1.29, 1.82) is 5.41 Å². The number of rotatable bonds is 3. The first-order chi connectivity index (χ1) is 8.37. The van der Waals surface area contributed by atoms with Gasteiger partial charge in [0.25, 0.3) is 0 Å². The van der Waals surface area contributed by atoms with Crippen molar-refractivity contribution < 1.29 is 13.2 Å². The van der Waals surface area contributed by atoms with Crippen LogP contribution in [0.25, 0.3) is 5.65 Å². The zero-order valence-corrected chi connectivity index (χ0v) is 9.07. The molecule has 0 aromatic carbocycles. The number of amidine groups is 1. The van der Waals surface area contributed by atoms with Crippen LogP contribution in [0.3, 0.4) is 0 Å². The molecule has 0 aliphatic rings. The fraction of sp³-hybridized carbons (Fsp3) is 0.333. The van der Waals surface area contributed by atoms with Crippen LogP contribution in [0.2, 0.25) is 0 Å². The van der Waals surface area contributed by atoms with Crippen molar-refractivity contribution in [2.45, 2.75) is 19.0 Å². The Kier molecular flexibility index (Phi) is 2.89. The van der Waals surface area contributed by atoms with E-state index < -0.39 is 12.6 Å². The van der Waals surface area contributed by atoms with Crippen molar-refractivity contribution in [3.8, 4) is 0 Å². The predicted molar refractivity (Wildman–Crippen MR) is 56.2 cm³/mol. The average Bonchev–Trinajstić information content (AvgIpc) is 2.72. The van der Waals surface area contributed by atoms with Crippen LogP contribution >= 0.6 is 0 Å². The van der Waals surface area contributed by atoms with E-state index in [9.17, 15) is 13.2 Å². The van der Waals surface area contributed by atoms with Crippen LogP contribution in [0, 0.1) is 5.41 Å². The van der Waals surface area contributed by atoms with Crippen LogP contribution in [-0.2, 0) is 6.42 Å².